The molecule has 0 fully saturated rings. The third-order valence-corrected chi connectivity index (χ3v) is 6.30. The zero-order valence-electron chi connectivity index (χ0n) is 18.6. The van der Waals surface area contributed by atoms with Crippen LogP contribution >= 0.6 is 0 Å². The summed E-state index contributed by atoms with van der Waals surface area (Å²) in [6.45, 7) is 10.2. The van der Waals surface area contributed by atoms with Crippen LogP contribution in [0.3, 0.4) is 0 Å². The summed E-state index contributed by atoms with van der Waals surface area (Å²) in [6, 6.07) is 11.7. The van der Waals surface area contributed by atoms with Crippen molar-refractivity contribution in [1.29, 1.82) is 0 Å². The molecule has 7 heteroatoms. The van der Waals surface area contributed by atoms with Crippen LogP contribution in [0.4, 0.5) is 5.69 Å². The number of sulfonamides is 1. The van der Waals surface area contributed by atoms with Crippen LogP contribution in [0.2, 0.25) is 0 Å². The van der Waals surface area contributed by atoms with Crippen molar-refractivity contribution in [3.8, 4) is 5.75 Å². The zero-order valence-corrected chi connectivity index (χ0v) is 19.4. The van der Waals surface area contributed by atoms with Gasteiger partial charge in [-0.2, -0.15) is 0 Å². The summed E-state index contributed by atoms with van der Waals surface area (Å²) in [7, 11) is -3.68. The van der Waals surface area contributed by atoms with Gasteiger partial charge < -0.3 is 10.1 Å². The Balaban J connectivity index is 2.29. The predicted octanol–water partition coefficient (Wildman–Crippen LogP) is 4.12. The van der Waals surface area contributed by atoms with Crippen molar-refractivity contribution in [1.82, 2.24) is 5.32 Å². The summed E-state index contributed by atoms with van der Waals surface area (Å²) < 4.78 is 31.8. The maximum Gasteiger partial charge on any atom is 0.244 e. The van der Waals surface area contributed by atoms with Crippen LogP contribution in [0.25, 0.3) is 0 Å². The van der Waals surface area contributed by atoms with Crippen molar-refractivity contribution in [2.24, 2.45) is 0 Å². The van der Waals surface area contributed by atoms with Crippen LogP contribution in [0.5, 0.6) is 5.75 Å². The van der Waals surface area contributed by atoms with E-state index in [4.69, 9.17) is 4.74 Å². The second kappa shape index (κ2) is 9.98. The van der Waals surface area contributed by atoms with E-state index < -0.39 is 16.1 Å². The highest BCUT2D eigenvalue weighted by atomic mass is 32.2. The van der Waals surface area contributed by atoms with Gasteiger partial charge in [-0.1, -0.05) is 25.1 Å². The third kappa shape index (κ3) is 5.75. The Kier molecular flexibility index (Phi) is 7.89. The average Bonchev–Trinajstić information content (AvgIpc) is 2.68. The van der Waals surface area contributed by atoms with Gasteiger partial charge in [-0.3, -0.25) is 9.10 Å². The van der Waals surface area contributed by atoms with Crippen LogP contribution in [0, 0.1) is 13.8 Å². The van der Waals surface area contributed by atoms with Crippen molar-refractivity contribution in [3.05, 3.63) is 59.2 Å². The summed E-state index contributed by atoms with van der Waals surface area (Å²) in [6.07, 6.45) is 1.46. The number of amides is 1. The molecule has 0 radical (unpaired) electrons. The van der Waals surface area contributed by atoms with Crippen LogP contribution in [0.1, 0.15) is 49.9 Å². The molecule has 0 saturated carbocycles. The summed E-state index contributed by atoms with van der Waals surface area (Å²) in [5.74, 6) is 0.318. The minimum absolute atomic E-state index is 0.243. The van der Waals surface area contributed by atoms with Gasteiger partial charge in [-0.15, -0.1) is 0 Å². The fraction of sp³-hybridized carbons (Fsp3) is 0.435. The van der Waals surface area contributed by atoms with E-state index in [1.807, 2.05) is 45.9 Å². The highest BCUT2D eigenvalue weighted by Gasteiger charge is 2.32. The molecule has 2 atom stereocenters. The molecule has 1 N–H and O–H groups in total. The highest BCUT2D eigenvalue weighted by molar-refractivity contribution is 7.92. The molecule has 0 spiro atoms. The molecular weight excluding hydrogens is 400 g/mol. The van der Waals surface area contributed by atoms with E-state index in [1.54, 1.807) is 31.2 Å². The SMILES string of the molecule is CCOc1ccc(N([C@H](CC)C(=O)N[C@H](C)c2ccc(C)c(C)c2)S(C)(=O)=O)cc1. The third-order valence-electron chi connectivity index (χ3n) is 5.12. The Morgan fingerprint density at radius 3 is 2.20 bits per heavy atom. The largest absolute Gasteiger partial charge is 0.494 e. The normalized spacial score (nSPS) is 13.4. The first kappa shape index (κ1) is 23.7. The van der Waals surface area contributed by atoms with E-state index >= 15 is 0 Å². The molecule has 6 nitrogen and oxygen atoms in total. The number of rotatable bonds is 9. The van der Waals surface area contributed by atoms with E-state index in [0.29, 0.717) is 24.5 Å². The number of nitrogens with one attached hydrogen (secondary N) is 1. The predicted molar refractivity (Wildman–Crippen MR) is 121 cm³/mol. The number of ether oxygens (including phenoxy) is 1. The lowest BCUT2D eigenvalue weighted by molar-refractivity contribution is -0.122. The van der Waals surface area contributed by atoms with Gasteiger partial charge in [0.2, 0.25) is 15.9 Å². The molecule has 0 unspecified atom stereocenters. The minimum atomic E-state index is -3.68. The topological polar surface area (TPSA) is 75.7 Å². The van der Waals surface area contributed by atoms with Gasteiger partial charge in [0.05, 0.1) is 24.6 Å². The molecule has 2 aromatic rings. The maximum atomic E-state index is 13.1. The second-order valence-electron chi connectivity index (χ2n) is 7.48. The van der Waals surface area contributed by atoms with Crippen molar-refractivity contribution in [2.45, 2.75) is 53.1 Å². The van der Waals surface area contributed by atoms with Gasteiger partial charge >= 0.3 is 0 Å². The van der Waals surface area contributed by atoms with Crippen molar-refractivity contribution in [2.75, 3.05) is 17.2 Å². The quantitative estimate of drug-likeness (QED) is 0.647. The van der Waals surface area contributed by atoms with Gasteiger partial charge in [0, 0.05) is 0 Å². The number of aryl methyl sites for hydroxylation is 2. The Bertz CT molecular complexity index is 971. The average molecular weight is 433 g/mol. The summed E-state index contributed by atoms with van der Waals surface area (Å²) in [4.78, 5) is 13.1. The van der Waals surface area contributed by atoms with Crippen molar-refractivity contribution in [3.63, 3.8) is 0 Å². The lowest BCUT2D eigenvalue weighted by atomic mass is 10.0. The number of nitrogens with zero attached hydrogens (tertiary/aromatic N) is 1. The van der Waals surface area contributed by atoms with E-state index in [2.05, 4.69) is 5.32 Å². The Labute approximate surface area is 180 Å². The van der Waals surface area contributed by atoms with Gasteiger partial charge in [0.15, 0.2) is 0 Å². The van der Waals surface area contributed by atoms with E-state index in [1.165, 1.54) is 9.87 Å². The van der Waals surface area contributed by atoms with E-state index in [9.17, 15) is 13.2 Å². The number of carbonyl (C=O) groups is 1. The smallest absolute Gasteiger partial charge is 0.244 e. The monoisotopic (exact) mass is 432 g/mol. The first-order valence-corrected chi connectivity index (χ1v) is 12.0. The number of hydrogen-bond acceptors (Lipinski definition) is 4. The molecule has 2 rings (SSSR count). The van der Waals surface area contributed by atoms with Gasteiger partial charge in [-0.25, -0.2) is 8.42 Å². The molecule has 1 amide bonds. The van der Waals surface area contributed by atoms with E-state index in [0.717, 1.165) is 17.4 Å². The number of carbonyl (C=O) groups excluding carboxylic acids is 1. The Hall–Kier alpha value is -2.54. The number of benzene rings is 2. The summed E-state index contributed by atoms with van der Waals surface area (Å²) >= 11 is 0. The Morgan fingerprint density at radius 1 is 1.07 bits per heavy atom. The van der Waals surface area contributed by atoms with Crippen molar-refractivity contribution < 1.29 is 17.9 Å². The first-order chi connectivity index (χ1) is 14.1. The zero-order chi connectivity index (χ0) is 22.5. The van der Waals surface area contributed by atoms with Crippen LogP contribution in [-0.2, 0) is 14.8 Å². The summed E-state index contributed by atoms with van der Waals surface area (Å²) in [5.41, 5.74) is 3.74. The molecule has 0 aliphatic rings. The summed E-state index contributed by atoms with van der Waals surface area (Å²) in [5, 5.41) is 2.98. The van der Waals surface area contributed by atoms with Gasteiger partial charge in [0.1, 0.15) is 11.8 Å². The molecule has 0 bridgehead atoms. The molecule has 2 aromatic carbocycles. The highest BCUT2D eigenvalue weighted by Crippen LogP contribution is 2.26. The van der Waals surface area contributed by atoms with Crippen LogP contribution in [0.15, 0.2) is 42.5 Å². The van der Waals surface area contributed by atoms with E-state index in [-0.39, 0.29) is 11.9 Å². The van der Waals surface area contributed by atoms with Gasteiger partial charge in [-0.05, 0) is 75.1 Å². The standard InChI is InChI=1S/C23H32N2O4S/c1-7-22(23(26)24-18(5)19-10-9-16(3)17(4)15-19)25(30(6,27)28)20-11-13-21(14-12-20)29-8-2/h9-15,18,22H,7-8H2,1-6H3,(H,24,26)/t18-,22-/m1/s1. The van der Waals surface area contributed by atoms with Crippen LogP contribution in [-0.4, -0.2) is 33.2 Å². The first-order valence-electron chi connectivity index (χ1n) is 10.2. The Morgan fingerprint density at radius 2 is 1.70 bits per heavy atom. The van der Waals surface area contributed by atoms with Gasteiger partial charge in [0.25, 0.3) is 0 Å². The number of anilines is 1. The minimum Gasteiger partial charge on any atom is -0.494 e. The maximum absolute atomic E-state index is 13.1. The van der Waals surface area contributed by atoms with Crippen molar-refractivity contribution >= 4 is 21.6 Å². The van der Waals surface area contributed by atoms with Crippen LogP contribution < -0.4 is 14.4 Å². The molecular formula is C23H32N2O4S. The molecule has 0 heterocycles. The lowest BCUT2D eigenvalue weighted by Crippen LogP contribution is -2.49. The molecule has 0 saturated heterocycles. The molecule has 164 valence electrons. The fourth-order valence-electron chi connectivity index (χ4n) is 3.34. The molecule has 0 aromatic heterocycles. The molecule has 30 heavy (non-hydrogen) atoms. The lowest BCUT2D eigenvalue weighted by Gasteiger charge is -2.31. The molecule has 0 aliphatic carbocycles. The fourth-order valence-corrected chi connectivity index (χ4v) is 4.55. The molecule has 0 aliphatic heterocycles. The number of hydrogen-bond donors (Lipinski definition) is 1. The second-order valence-corrected chi connectivity index (χ2v) is 9.34.